The summed E-state index contributed by atoms with van der Waals surface area (Å²) in [6, 6.07) is 14.7. The van der Waals surface area contributed by atoms with Gasteiger partial charge in [-0.15, -0.1) is 10.2 Å². The third-order valence-corrected chi connectivity index (χ3v) is 5.96. The number of nitrogens with one attached hydrogen (secondary N) is 1. The van der Waals surface area contributed by atoms with Crippen LogP contribution in [0.4, 0.5) is 17.6 Å². The van der Waals surface area contributed by atoms with Crippen LogP contribution in [0, 0.1) is 5.82 Å². The molecule has 0 fully saturated rings. The Bertz CT molecular complexity index is 1570. The summed E-state index contributed by atoms with van der Waals surface area (Å²) in [4.78, 5) is 4.35. The average molecular weight is 510 g/mol. The summed E-state index contributed by atoms with van der Waals surface area (Å²) in [6.45, 7) is 4.00. The van der Waals surface area contributed by atoms with E-state index in [1.807, 2.05) is 44.2 Å². The highest BCUT2D eigenvalue weighted by Gasteiger charge is 2.36. The van der Waals surface area contributed by atoms with E-state index in [1.54, 1.807) is 17.7 Å². The van der Waals surface area contributed by atoms with Gasteiger partial charge in [0.05, 0.1) is 5.56 Å². The molecule has 5 rings (SSSR count). The quantitative estimate of drug-likeness (QED) is 0.261. The molecule has 0 unspecified atom stereocenters. The molecule has 0 saturated carbocycles. The lowest BCUT2D eigenvalue weighted by Crippen LogP contribution is -2.22. The number of aryl methyl sites for hydroxylation is 1. The van der Waals surface area contributed by atoms with Crippen molar-refractivity contribution in [2.75, 3.05) is 0 Å². The Hall–Kier alpha value is -4.05. The van der Waals surface area contributed by atoms with Gasteiger partial charge in [-0.25, -0.2) is 9.37 Å². The first-order valence-corrected chi connectivity index (χ1v) is 11.6. The standard InChI is InChI=1S/C27H23F4N5O/c1-15(2)32-13-16-11-19(27(29,30)31)24-21(12-16)34-26(37-24)23-20(28)10-9-18(17-7-5-4-6-8-17)22(23)25-35-33-14-36(25)3/h4-12,14-15,32H,13H2,1-3H3. The van der Waals surface area contributed by atoms with Crippen LogP contribution in [0.2, 0.25) is 0 Å². The maximum Gasteiger partial charge on any atom is 0.420 e. The summed E-state index contributed by atoms with van der Waals surface area (Å²) in [5.41, 5.74) is 0.535. The Morgan fingerprint density at radius 1 is 1.03 bits per heavy atom. The van der Waals surface area contributed by atoms with Crippen LogP contribution >= 0.6 is 0 Å². The van der Waals surface area contributed by atoms with Crippen LogP contribution in [0.15, 0.2) is 65.3 Å². The minimum Gasteiger partial charge on any atom is -0.435 e. The van der Waals surface area contributed by atoms with E-state index in [1.165, 1.54) is 18.5 Å². The molecule has 0 amide bonds. The predicted octanol–water partition coefficient (Wildman–Crippen LogP) is 6.61. The van der Waals surface area contributed by atoms with Crippen molar-refractivity contribution in [2.45, 2.75) is 32.6 Å². The smallest absolute Gasteiger partial charge is 0.420 e. The normalized spacial score (nSPS) is 12.1. The molecule has 0 atom stereocenters. The van der Waals surface area contributed by atoms with Crippen molar-refractivity contribution in [3.05, 3.63) is 77.9 Å². The number of rotatable bonds is 6. The van der Waals surface area contributed by atoms with Gasteiger partial charge in [0.15, 0.2) is 11.4 Å². The zero-order valence-corrected chi connectivity index (χ0v) is 20.3. The molecule has 2 heterocycles. The molecule has 0 aliphatic heterocycles. The number of aromatic nitrogens is 4. The van der Waals surface area contributed by atoms with Crippen molar-refractivity contribution in [1.82, 2.24) is 25.1 Å². The molecule has 1 N–H and O–H groups in total. The number of benzene rings is 3. The van der Waals surface area contributed by atoms with E-state index in [2.05, 4.69) is 20.5 Å². The molecule has 3 aromatic carbocycles. The number of hydrogen-bond acceptors (Lipinski definition) is 5. The largest absolute Gasteiger partial charge is 0.435 e. The second-order valence-corrected chi connectivity index (χ2v) is 9.02. The van der Waals surface area contributed by atoms with E-state index in [9.17, 15) is 13.2 Å². The SMILES string of the molecule is CC(C)NCc1cc(C(F)(F)F)c2oc(-c3c(F)ccc(-c4ccccc4)c3-c3nncn3C)nc2c1. The minimum absolute atomic E-state index is 0.0150. The van der Waals surface area contributed by atoms with Gasteiger partial charge in [-0.1, -0.05) is 50.2 Å². The fourth-order valence-electron chi connectivity index (χ4n) is 4.22. The summed E-state index contributed by atoms with van der Waals surface area (Å²) in [7, 11) is 1.70. The lowest BCUT2D eigenvalue weighted by molar-refractivity contribution is -0.136. The molecule has 0 aliphatic carbocycles. The number of fused-ring (bicyclic) bond motifs is 1. The second kappa shape index (κ2) is 9.44. The molecule has 2 aromatic heterocycles. The van der Waals surface area contributed by atoms with Crippen molar-refractivity contribution in [3.63, 3.8) is 0 Å². The third-order valence-electron chi connectivity index (χ3n) is 5.96. The van der Waals surface area contributed by atoms with E-state index in [0.717, 1.165) is 11.6 Å². The lowest BCUT2D eigenvalue weighted by atomic mass is 9.94. The van der Waals surface area contributed by atoms with Crippen LogP contribution in [0.1, 0.15) is 25.0 Å². The van der Waals surface area contributed by atoms with Gasteiger partial charge >= 0.3 is 6.18 Å². The number of hydrogen-bond donors (Lipinski definition) is 1. The first-order chi connectivity index (χ1) is 17.6. The summed E-state index contributed by atoms with van der Waals surface area (Å²) in [6.07, 6.45) is -3.24. The fourth-order valence-corrected chi connectivity index (χ4v) is 4.22. The van der Waals surface area contributed by atoms with Crippen molar-refractivity contribution in [3.8, 4) is 34.0 Å². The Morgan fingerprint density at radius 3 is 2.43 bits per heavy atom. The molecule has 5 aromatic rings. The van der Waals surface area contributed by atoms with Gasteiger partial charge in [-0.05, 0) is 34.9 Å². The van der Waals surface area contributed by atoms with Gasteiger partial charge in [0.1, 0.15) is 23.2 Å². The minimum atomic E-state index is -4.69. The van der Waals surface area contributed by atoms with Gasteiger partial charge in [-0.2, -0.15) is 13.2 Å². The Labute approximate surface area is 210 Å². The molecule has 0 spiro atoms. The molecule has 6 nitrogen and oxygen atoms in total. The first-order valence-electron chi connectivity index (χ1n) is 11.6. The third kappa shape index (κ3) is 4.72. The van der Waals surface area contributed by atoms with Crippen LogP contribution in [0.5, 0.6) is 0 Å². The topological polar surface area (TPSA) is 68.8 Å². The zero-order valence-electron chi connectivity index (χ0n) is 20.3. The van der Waals surface area contributed by atoms with Gasteiger partial charge < -0.3 is 14.3 Å². The maximum atomic E-state index is 15.5. The second-order valence-electron chi connectivity index (χ2n) is 9.02. The van der Waals surface area contributed by atoms with E-state index < -0.39 is 23.1 Å². The van der Waals surface area contributed by atoms with Crippen molar-refractivity contribution >= 4 is 11.1 Å². The zero-order chi connectivity index (χ0) is 26.3. The number of alkyl halides is 3. The average Bonchev–Trinajstić information content (AvgIpc) is 3.47. The van der Waals surface area contributed by atoms with Crippen LogP contribution in [-0.4, -0.2) is 25.8 Å². The Kier molecular flexibility index (Phi) is 6.28. The lowest BCUT2D eigenvalue weighted by Gasteiger charge is -2.14. The van der Waals surface area contributed by atoms with Crippen LogP contribution in [-0.2, 0) is 19.8 Å². The molecule has 10 heteroatoms. The highest BCUT2D eigenvalue weighted by atomic mass is 19.4. The molecule has 0 saturated heterocycles. The molecule has 0 aliphatic rings. The number of nitrogens with zero attached hydrogens (tertiary/aromatic N) is 4. The molecule has 0 radical (unpaired) electrons. The summed E-state index contributed by atoms with van der Waals surface area (Å²) < 4.78 is 64.9. The van der Waals surface area contributed by atoms with Gasteiger partial charge in [0.2, 0.25) is 5.89 Å². The van der Waals surface area contributed by atoms with Crippen molar-refractivity contribution < 1.29 is 22.0 Å². The summed E-state index contributed by atoms with van der Waals surface area (Å²) >= 11 is 0. The number of oxazole rings is 1. The fraction of sp³-hybridized carbons (Fsp3) is 0.222. The van der Waals surface area contributed by atoms with Gasteiger partial charge in [-0.3, -0.25) is 0 Å². The van der Waals surface area contributed by atoms with Gasteiger partial charge in [0, 0.05) is 25.2 Å². The van der Waals surface area contributed by atoms with E-state index in [4.69, 9.17) is 4.42 Å². The monoisotopic (exact) mass is 509 g/mol. The molecular weight excluding hydrogens is 486 g/mol. The predicted molar refractivity (Wildman–Crippen MR) is 132 cm³/mol. The van der Waals surface area contributed by atoms with Crippen molar-refractivity contribution in [2.24, 2.45) is 7.05 Å². The maximum absolute atomic E-state index is 15.5. The molecule has 190 valence electrons. The molecule has 0 bridgehead atoms. The highest BCUT2D eigenvalue weighted by molar-refractivity contribution is 5.92. The molecular formula is C27H23F4N5O. The van der Waals surface area contributed by atoms with Crippen LogP contribution in [0.3, 0.4) is 0 Å². The van der Waals surface area contributed by atoms with Crippen LogP contribution in [0.25, 0.3) is 45.1 Å². The van der Waals surface area contributed by atoms with E-state index in [0.29, 0.717) is 22.5 Å². The Morgan fingerprint density at radius 2 is 1.78 bits per heavy atom. The Balaban J connectivity index is 1.79. The van der Waals surface area contributed by atoms with Crippen molar-refractivity contribution in [1.29, 1.82) is 0 Å². The number of halogens is 4. The van der Waals surface area contributed by atoms with E-state index in [-0.39, 0.29) is 29.6 Å². The molecule has 37 heavy (non-hydrogen) atoms. The summed E-state index contributed by atoms with van der Waals surface area (Å²) in [5.74, 6) is -0.671. The summed E-state index contributed by atoms with van der Waals surface area (Å²) in [5, 5.41) is 11.2. The van der Waals surface area contributed by atoms with Crippen LogP contribution < -0.4 is 5.32 Å². The van der Waals surface area contributed by atoms with E-state index >= 15 is 4.39 Å². The first kappa shape index (κ1) is 24.6. The highest BCUT2D eigenvalue weighted by Crippen LogP contribution is 2.43. The van der Waals surface area contributed by atoms with Gasteiger partial charge in [0.25, 0.3) is 0 Å².